The van der Waals surface area contributed by atoms with E-state index in [9.17, 15) is 0 Å². The van der Waals surface area contributed by atoms with Crippen LogP contribution in [0.25, 0.3) is 0 Å². The lowest BCUT2D eigenvalue weighted by atomic mass is 9.84. The van der Waals surface area contributed by atoms with Gasteiger partial charge in [-0.15, -0.1) is 0 Å². The van der Waals surface area contributed by atoms with Gasteiger partial charge in [-0.25, -0.2) is 0 Å². The Labute approximate surface area is 82.5 Å². The summed E-state index contributed by atoms with van der Waals surface area (Å²) in [4.78, 5) is 2.59. The molecule has 1 saturated heterocycles. The van der Waals surface area contributed by atoms with Crippen molar-refractivity contribution in [1.82, 2.24) is 4.90 Å². The average molecular weight is 184 g/mol. The highest BCUT2D eigenvalue weighted by Crippen LogP contribution is 2.25. The third-order valence-corrected chi connectivity index (χ3v) is 3.60. The van der Waals surface area contributed by atoms with Crippen LogP contribution in [0.3, 0.4) is 0 Å². The molecule has 1 aliphatic rings. The van der Waals surface area contributed by atoms with Gasteiger partial charge < -0.3 is 10.6 Å². The van der Waals surface area contributed by atoms with Crippen LogP contribution in [0.1, 0.15) is 40.0 Å². The van der Waals surface area contributed by atoms with Crippen LogP contribution in [0.5, 0.6) is 0 Å². The summed E-state index contributed by atoms with van der Waals surface area (Å²) in [6, 6.07) is 0.623. The third-order valence-electron chi connectivity index (χ3n) is 3.60. The van der Waals surface area contributed by atoms with Crippen LogP contribution >= 0.6 is 0 Å². The number of nitrogens with zero attached hydrogens (tertiary/aromatic N) is 1. The highest BCUT2D eigenvalue weighted by atomic mass is 15.2. The van der Waals surface area contributed by atoms with Crippen LogP contribution in [-0.4, -0.2) is 30.6 Å². The standard InChI is InChI=1S/C11H24N2/c1-10(11(2,3)9-12)13-7-5-4-6-8-13/h10H,4-9,12H2,1-3H3. The average Bonchev–Trinajstić information content (AvgIpc) is 2.18. The molecular weight excluding hydrogens is 160 g/mol. The quantitative estimate of drug-likeness (QED) is 0.725. The minimum Gasteiger partial charge on any atom is -0.330 e. The minimum atomic E-state index is 0.261. The molecule has 1 rings (SSSR count). The first-order valence-electron chi connectivity index (χ1n) is 5.52. The Balaban J connectivity index is 2.49. The van der Waals surface area contributed by atoms with Crippen LogP contribution in [-0.2, 0) is 0 Å². The van der Waals surface area contributed by atoms with Crippen molar-refractivity contribution in [2.75, 3.05) is 19.6 Å². The van der Waals surface area contributed by atoms with E-state index >= 15 is 0 Å². The molecule has 1 atom stereocenters. The van der Waals surface area contributed by atoms with E-state index in [2.05, 4.69) is 25.7 Å². The first kappa shape index (κ1) is 11.0. The van der Waals surface area contributed by atoms with E-state index in [1.54, 1.807) is 0 Å². The van der Waals surface area contributed by atoms with Crippen molar-refractivity contribution < 1.29 is 0 Å². The molecule has 2 heteroatoms. The maximum absolute atomic E-state index is 5.79. The first-order chi connectivity index (χ1) is 6.08. The Kier molecular flexibility index (Phi) is 3.74. The summed E-state index contributed by atoms with van der Waals surface area (Å²) in [7, 11) is 0. The van der Waals surface area contributed by atoms with E-state index in [0.29, 0.717) is 6.04 Å². The summed E-state index contributed by atoms with van der Waals surface area (Å²) in [5.41, 5.74) is 6.05. The van der Waals surface area contributed by atoms with E-state index in [-0.39, 0.29) is 5.41 Å². The Morgan fingerprint density at radius 1 is 1.23 bits per heavy atom. The minimum absolute atomic E-state index is 0.261. The predicted octanol–water partition coefficient (Wildman–Crippen LogP) is 1.85. The van der Waals surface area contributed by atoms with E-state index < -0.39 is 0 Å². The van der Waals surface area contributed by atoms with Crippen molar-refractivity contribution in [3.63, 3.8) is 0 Å². The molecule has 1 aliphatic heterocycles. The molecule has 0 aromatic heterocycles. The maximum Gasteiger partial charge on any atom is 0.0130 e. The monoisotopic (exact) mass is 184 g/mol. The van der Waals surface area contributed by atoms with Crippen LogP contribution in [0.4, 0.5) is 0 Å². The van der Waals surface area contributed by atoms with Crippen molar-refractivity contribution in [2.24, 2.45) is 11.1 Å². The maximum atomic E-state index is 5.79. The topological polar surface area (TPSA) is 29.3 Å². The van der Waals surface area contributed by atoms with Crippen LogP contribution in [0.2, 0.25) is 0 Å². The fraction of sp³-hybridized carbons (Fsp3) is 1.00. The number of hydrogen-bond acceptors (Lipinski definition) is 2. The van der Waals surface area contributed by atoms with E-state index in [4.69, 9.17) is 5.73 Å². The van der Waals surface area contributed by atoms with E-state index in [1.807, 2.05) is 0 Å². The molecule has 0 spiro atoms. The van der Waals surface area contributed by atoms with Gasteiger partial charge in [0.1, 0.15) is 0 Å². The summed E-state index contributed by atoms with van der Waals surface area (Å²) in [5.74, 6) is 0. The second kappa shape index (κ2) is 4.43. The van der Waals surface area contributed by atoms with Crippen LogP contribution in [0, 0.1) is 5.41 Å². The van der Waals surface area contributed by atoms with E-state index in [0.717, 1.165) is 6.54 Å². The van der Waals surface area contributed by atoms with Gasteiger partial charge in [0, 0.05) is 6.04 Å². The van der Waals surface area contributed by atoms with Crippen LogP contribution in [0.15, 0.2) is 0 Å². The molecule has 0 aromatic rings. The number of likely N-dealkylation sites (tertiary alicyclic amines) is 1. The molecule has 2 N–H and O–H groups in total. The Morgan fingerprint density at radius 3 is 2.23 bits per heavy atom. The molecule has 0 aromatic carbocycles. The predicted molar refractivity (Wildman–Crippen MR) is 57.7 cm³/mol. The second-order valence-electron chi connectivity index (χ2n) is 4.97. The molecule has 0 bridgehead atoms. The zero-order valence-corrected chi connectivity index (χ0v) is 9.34. The molecule has 0 aliphatic carbocycles. The van der Waals surface area contributed by atoms with Crippen molar-refractivity contribution in [2.45, 2.75) is 46.1 Å². The van der Waals surface area contributed by atoms with Gasteiger partial charge in [0.2, 0.25) is 0 Å². The summed E-state index contributed by atoms with van der Waals surface area (Å²) in [5, 5.41) is 0. The Hall–Kier alpha value is -0.0800. The second-order valence-corrected chi connectivity index (χ2v) is 4.97. The SMILES string of the molecule is CC(N1CCCCC1)C(C)(C)CN. The molecule has 2 nitrogen and oxygen atoms in total. The molecular formula is C11H24N2. The van der Waals surface area contributed by atoms with Crippen molar-refractivity contribution in [3.8, 4) is 0 Å². The molecule has 1 unspecified atom stereocenters. The fourth-order valence-corrected chi connectivity index (χ4v) is 1.97. The lowest BCUT2D eigenvalue weighted by Gasteiger charge is -2.41. The van der Waals surface area contributed by atoms with Gasteiger partial charge in [0.05, 0.1) is 0 Å². The zero-order chi connectivity index (χ0) is 9.90. The van der Waals surface area contributed by atoms with Crippen molar-refractivity contribution in [3.05, 3.63) is 0 Å². The van der Waals surface area contributed by atoms with Crippen molar-refractivity contribution >= 4 is 0 Å². The smallest absolute Gasteiger partial charge is 0.0130 e. The van der Waals surface area contributed by atoms with Gasteiger partial charge in [-0.3, -0.25) is 0 Å². The molecule has 0 amide bonds. The molecule has 13 heavy (non-hydrogen) atoms. The number of hydrogen-bond donors (Lipinski definition) is 1. The van der Waals surface area contributed by atoms with Gasteiger partial charge in [0.15, 0.2) is 0 Å². The largest absolute Gasteiger partial charge is 0.330 e. The van der Waals surface area contributed by atoms with Gasteiger partial charge >= 0.3 is 0 Å². The summed E-state index contributed by atoms with van der Waals surface area (Å²) in [6.45, 7) is 10.2. The lowest BCUT2D eigenvalue weighted by molar-refractivity contribution is 0.0869. The highest BCUT2D eigenvalue weighted by Gasteiger charge is 2.29. The number of rotatable bonds is 3. The van der Waals surface area contributed by atoms with E-state index in [1.165, 1.54) is 32.4 Å². The molecule has 0 saturated carbocycles. The lowest BCUT2D eigenvalue weighted by Crippen LogP contribution is -2.48. The van der Waals surface area contributed by atoms with Gasteiger partial charge in [-0.2, -0.15) is 0 Å². The fourth-order valence-electron chi connectivity index (χ4n) is 1.97. The Bertz CT molecular complexity index is 148. The first-order valence-corrected chi connectivity index (χ1v) is 5.52. The normalized spacial score (nSPS) is 23.1. The summed E-state index contributed by atoms with van der Waals surface area (Å²) in [6.07, 6.45) is 4.14. The molecule has 1 fully saturated rings. The van der Waals surface area contributed by atoms with Gasteiger partial charge in [-0.1, -0.05) is 20.3 Å². The molecule has 1 heterocycles. The molecule has 78 valence electrons. The van der Waals surface area contributed by atoms with Crippen LogP contribution < -0.4 is 5.73 Å². The summed E-state index contributed by atoms with van der Waals surface area (Å²) >= 11 is 0. The highest BCUT2D eigenvalue weighted by molar-refractivity contribution is 4.84. The van der Waals surface area contributed by atoms with Crippen molar-refractivity contribution in [1.29, 1.82) is 0 Å². The van der Waals surface area contributed by atoms with Gasteiger partial charge in [-0.05, 0) is 44.8 Å². The Morgan fingerprint density at radius 2 is 1.77 bits per heavy atom. The summed E-state index contributed by atoms with van der Waals surface area (Å²) < 4.78 is 0. The number of piperidine rings is 1. The zero-order valence-electron chi connectivity index (χ0n) is 9.34. The molecule has 0 radical (unpaired) electrons. The van der Waals surface area contributed by atoms with Gasteiger partial charge in [0.25, 0.3) is 0 Å². The third kappa shape index (κ3) is 2.68. The number of nitrogens with two attached hydrogens (primary N) is 1.